The first kappa shape index (κ1) is 11.6. The molecule has 1 aromatic carbocycles. The average Bonchev–Trinajstić information content (AvgIpc) is 2.17. The van der Waals surface area contributed by atoms with Crippen LogP contribution in [0.2, 0.25) is 0 Å². The highest BCUT2D eigenvalue weighted by molar-refractivity contribution is 5.61. The first-order chi connectivity index (χ1) is 7.05. The number of alkyl halides is 3. The smallest absolute Gasteiger partial charge is 0.399 e. The van der Waals surface area contributed by atoms with Crippen molar-refractivity contribution >= 4 is 6.21 Å². The van der Waals surface area contributed by atoms with Gasteiger partial charge in [-0.1, -0.05) is 23.4 Å². The second-order valence-corrected chi connectivity index (χ2v) is 2.83. The summed E-state index contributed by atoms with van der Waals surface area (Å²) in [6.07, 6.45) is -2.92. The van der Waals surface area contributed by atoms with Crippen molar-refractivity contribution in [3.8, 4) is 0 Å². The molecule has 0 radical (unpaired) electrons. The summed E-state index contributed by atoms with van der Waals surface area (Å²) < 4.78 is 37.4. The van der Waals surface area contributed by atoms with Crippen LogP contribution in [-0.4, -0.2) is 13.3 Å². The van der Waals surface area contributed by atoms with Crippen LogP contribution >= 0.6 is 0 Å². The quantitative estimate of drug-likeness (QED) is 0.563. The SMILES string of the molecule is CON=CCc1ccccc1C(F)(F)F. The van der Waals surface area contributed by atoms with Crippen molar-refractivity contribution in [2.75, 3.05) is 7.11 Å². The Morgan fingerprint density at radius 2 is 2.00 bits per heavy atom. The van der Waals surface area contributed by atoms with Gasteiger partial charge in [0.1, 0.15) is 7.11 Å². The largest absolute Gasteiger partial charge is 0.416 e. The van der Waals surface area contributed by atoms with E-state index in [4.69, 9.17) is 0 Å². The van der Waals surface area contributed by atoms with Gasteiger partial charge in [0.2, 0.25) is 0 Å². The maximum absolute atomic E-state index is 12.5. The third-order valence-corrected chi connectivity index (χ3v) is 1.81. The molecular formula is C10H10F3NO. The lowest BCUT2D eigenvalue weighted by molar-refractivity contribution is -0.138. The minimum absolute atomic E-state index is 0.101. The van der Waals surface area contributed by atoms with Crippen molar-refractivity contribution < 1.29 is 18.0 Å². The van der Waals surface area contributed by atoms with Gasteiger partial charge in [-0.25, -0.2) is 0 Å². The van der Waals surface area contributed by atoms with Crippen molar-refractivity contribution in [1.29, 1.82) is 0 Å². The number of halogens is 3. The fourth-order valence-corrected chi connectivity index (χ4v) is 1.19. The molecule has 15 heavy (non-hydrogen) atoms. The average molecular weight is 217 g/mol. The van der Waals surface area contributed by atoms with Crippen molar-refractivity contribution in [2.45, 2.75) is 12.6 Å². The molecule has 0 amide bonds. The summed E-state index contributed by atoms with van der Waals surface area (Å²) in [5, 5.41) is 3.40. The van der Waals surface area contributed by atoms with Gasteiger partial charge in [0.05, 0.1) is 5.56 Å². The van der Waals surface area contributed by atoms with Gasteiger partial charge in [-0.05, 0) is 11.6 Å². The van der Waals surface area contributed by atoms with Crippen LogP contribution in [0.4, 0.5) is 13.2 Å². The Morgan fingerprint density at radius 3 is 2.60 bits per heavy atom. The Hall–Kier alpha value is -1.52. The summed E-state index contributed by atoms with van der Waals surface area (Å²) in [4.78, 5) is 4.38. The third kappa shape index (κ3) is 3.27. The normalized spacial score (nSPS) is 12.0. The van der Waals surface area contributed by atoms with E-state index in [9.17, 15) is 13.2 Å². The van der Waals surface area contributed by atoms with Crippen LogP contribution in [-0.2, 0) is 17.4 Å². The van der Waals surface area contributed by atoms with Gasteiger partial charge in [-0.15, -0.1) is 0 Å². The van der Waals surface area contributed by atoms with E-state index in [0.29, 0.717) is 0 Å². The van der Waals surface area contributed by atoms with Crippen LogP contribution in [0.15, 0.2) is 29.4 Å². The molecular weight excluding hydrogens is 207 g/mol. The predicted octanol–water partition coefficient (Wildman–Crippen LogP) is 2.88. The number of rotatable bonds is 3. The van der Waals surface area contributed by atoms with E-state index >= 15 is 0 Å². The van der Waals surface area contributed by atoms with Gasteiger partial charge >= 0.3 is 6.18 Å². The van der Waals surface area contributed by atoms with Gasteiger partial charge in [-0.2, -0.15) is 13.2 Å². The number of benzene rings is 1. The van der Waals surface area contributed by atoms with Crippen LogP contribution in [0.1, 0.15) is 11.1 Å². The second-order valence-electron chi connectivity index (χ2n) is 2.83. The van der Waals surface area contributed by atoms with E-state index in [1.807, 2.05) is 0 Å². The molecule has 0 saturated heterocycles. The lowest BCUT2D eigenvalue weighted by Crippen LogP contribution is -2.09. The summed E-state index contributed by atoms with van der Waals surface area (Å²) >= 11 is 0. The van der Waals surface area contributed by atoms with Crippen LogP contribution in [0, 0.1) is 0 Å². The predicted molar refractivity (Wildman–Crippen MR) is 50.6 cm³/mol. The Bertz CT molecular complexity index is 347. The van der Waals surface area contributed by atoms with Crippen LogP contribution < -0.4 is 0 Å². The minimum atomic E-state index is -4.32. The monoisotopic (exact) mass is 217 g/mol. The molecule has 0 atom stereocenters. The van der Waals surface area contributed by atoms with Crippen LogP contribution in [0.5, 0.6) is 0 Å². The van der Waals surface area contributed by atoms with E-state index < -0.39 is 11.7 Å². The minimum Gasteiger partial charge on any atom is -0.399 e. The van der Waals surface area contributed by atoms with Gasteiger partial charge < -0.3 is 4.84 Å². The van der Waals surface area contributed by atoms with Gasteiger partial charge in [0.25, 0.3) is 0 Å². The molecule has 0 aliphatic carbocycles. The summed E-state index contributed by atoms with van der Waals surface area (Å²) in [5.41, 5.74) is -0.446. The van der Waals surface area contributed by atoms with E-state index in [0.717, 1.165) is 6.07 Å². The highest BCUT2D eigenvalue weighted by Crippen LogP contribution is 2.31. The van der Waals surface area contributed by atoms with Gasteiger partial charge in [0, 0.05) is 12.6 Å². The van der Waals surface area contributed by atoms with E-state index in [1.165, 1.54) is 25.5 Å². The fraction of sp³-hybridized carbons (Fsp3) is 0.300. The molecule has 0 aromatic heterocycles. The molecule has 0 saturated carbocycles. The van der Waals surface area contributed by atoms with Crippen molar-refractivity contribution in [2.24, 2.45) is 5.16 Å². The molecule has 0 spiro atoms. The van der Waals surface area contributed by atoms with Crippen LogP contribution in [0.25, 0.3) is 0 Å². The Balaban J connectivity index is 2.92. The van der Waals surface area contributed by atoms with Gasteiger partial charge in [-0.3, -0.25) is 0 Å². The fourth-order valence-electron chi connectivity index (χ4n) is 1.19. The first-order valence-corrected chi connectivity index (χ1v) is 4.26. The lowest BCUT2D eigenvalue weighted by Gasteiger charge is -2.10. The molecule has 0 fully saturated rings. The lowest BCUT2D eigenvalue weighted by atomic mass is 10.1. The molecule has 0 heterocycles. The maximum atomic E-state index is 12.5. The topological polar surface area (TPSA) is 21.6 Å². The van der Waals surface area contributed by atoms with E-state index in [-0.39, 0.29) is 12.0 Å². The summed E-state index contributed by atoms with van der Waals surface area (Å²) in [7, 11) is 1.34. The highest BCUT2D eigenvalue weighted by atomic mass is 19.4. The number of hydrogen-bond acceptors (Lipinski definition) is 2. The Morgan fingerprint density at radius 1 is 1.33 bits per heavy atom. The number of nitrogens with zero attached hydrogens (tertiary/aromatic N) is 1. The molecule has 82 valence electrons. The second kappa shape index (κ2) is 4.82. The van der Waals surface area contributed by atoms with E-state index in [2.05, 4.69) is 9.99 Å². The standard InChI is InChI=1S/C10H10F3NO/c1-15-14-7-6-8-4-2-3-5-9(8)10(11,12)13/h2-5,7H,6H2,1H3. The van der Waals surface area contributed by atoms with Crippen molar-refractivity contribution in [3.05, 3.63) is 35.4 Å². The molecule has 0 bridgehead atoms. The summed E-state index contributed by atoms with van der Waals surface area (Å²) in [5.74, 6) is 0. The van der Waals surface area contributed by atoms with Crippen molar-refractivity contribution in [3.63, 3.8) is 0 Å². The zero-order chi connectivity index (χ0) is 11.3. The Labute approximate surface area is 85.4 Å². The summed E-state index contributed by atoms with van der Waals surface area (Å²) in [6.45, 7) is 0. The Kier molecular flexibility index (Phi) is 3.71. The molecule has 1 rings (SSSR count). The molecule has 1 aromatic rings. The molecule has 0 aliphatic heterocycles. The molecule has 2 nitrogen and oxygen atoms in total. The maximum Gasteiger partial charge on any atom is 0.416 e. The first-order valence-electron chi connectivity index (χ1n) is 4.26. The zero-order valence-electron chi connectivity index (χ0n) is 8.08. The number of oxime groups is 1. The van der Waals surface area contributed by atoms with Crippen LogP contribution in [0.3, 0.4) is 0 Å². The third-order valence-electron chi connectivity index (χ3n) is 1.81. The molecule has 0 aliphatic rings. The zero-order valence-corrected chi connectivity index (χ0v) is 8.08. The summed E-state index contributed by atoms with van der Waals surface area (Å²) in [6, 6.07) is 5.39. The van der Waals surface area contributed by atoms with Crippen molar-refractivity contribution in [1.82, 2.24) is 0 Å². The molecule has 5 heteroatoms. The van der Waals surface area contributed by atoms with Gasteiger partial charge in [0.15, 0.2) is 0 Å². The number of hydrogen-bond donors (Lipinski definition) is 0. The molecule has 0 N–H and O–H groups in total. The molecule has 0 unspecified atom stereocenters. The van der Waals surface area contributed by atoms with E-state index in [1.54, 1.807) is 6.07 Å². The highest BCUT2D eigenvalue weighted by Gasteiger charge is 2.32.